The molecule has 1 amide bonds. The molecule has 144 valence electrons. The largest absolute Gasteiger partial charge is 0.486 e. The van der Waals surface area contributed by atoms with E-state index in [1.165, 1.54) is 0 Å². The number of hydrogen-bond acceptors (Lipinski definition) is 5. The lowest BCUT2D eigenvalue weighted by Gasteiger charge is -2.31. The van der Waals surface area contributed by atoms with Crippen LogP contribution in [-0.2, 0) is 11.3 Å². The summed E-state index contributed by atoms with van der Waals surface area (Å²) in [4.78, 5) is 18.9. The van der Waals surface area contributed by atoms with E-state index >= 15 is 0 Å². The molecule has 1 fully saturated rings. The number of amides is 1. The average molecular weight is 370 g/mol. The lowest BCUT2D eigenvalue weighted by atomic mass is 9.96. The van der Waals surface area contributed by atoms with Crippen LogP contribution in [0.25, 0.3) is 0 Å². The Morgan fingerprint density at radius 1 is 1.22 bits per heavy atom. The molecule has 2 aromatic rings. The fourth-order valence-electron chi connectivity index (χ4n) is 3.73. The number of fused-ring (bicyclic) bond motifs is 1. The van der Waals surface area contributed by atoms with E-state index in [9.17, 15) is 4.79 Å². The SMILES string of the molecule is Cc1nccn1CC1CCN(CC(=O)Nc2ccc3c(c2)OCCO3)CC1. The highest BCUT2D eigenvalue weighted by molar-refractivity contribution is 5.92. The molecule has 2 aliphatic rings. The van der Waals surface area contributed by atoms with Crippen molar-refractivity contribution in [2.45, 2.75) is 26.3 Å². The van der Waals surface area contributed by atoms with E-state index in [0.717, 1.165) is 49.7 Å². The van der Waals surface area contributed by atoms with Gasteiger partial charge in [-0.15, -0.1) is 0 Å². The van der Waals surface area contributed by atoms with Crippen molar-refractivity contribution in [1.82, 2.24) is 14.5 Å². The van der Waals surface area contributed by atoms with Gasteiger partial charge >= 0.3 is 0 Å². The Kier molecular flexibility index (Phi) is 5.29. The zero-order chi connectivity index (χ0) is 18.6. The Balaban J connectivity index is 1.24. The van der Waals surface area contributed by atoms with Crippen LogP contribution in [0.2, 0.25) is 0 Å². The van der Waals surface area contributed by atoms with Crippen LogP contribution in [0.5, 0.6) is 11.5 Å². The van der Waals surface area contributed by atoms with Gasteiger partial charge in [0.05, 0.1) is 6.54 Å². The first-order chi connectivity index (χ1) is 13.2. The van der Waals surface area contributed by atoms with Gasteiger partial charge in [-0.05, 0) is 50.9 Å². The molecule has 1 saturated heterocycles. The Bertz CT molecular complexity index is 796. The van der Waals surface area contributed by atoms with Gasteiger partial charge in [0.1, 0.15) is 19.0 Å². The number of aryl methyl sites for hydroxylation is 1. The monoisotopic (exact) mass is 370 g/mol. The minimum atomic E-state index is 0.00980. The van der Waals surface area contributed by atoms with Gasteiger partial charge in [0.25, 0.3) is 0 Å². The summed E-state index contributed by atoms with van der Waals surface area (Å²) in [5.41, 5.74) is 0.745. The average Bonchev–Trinajstić information content (AvgIpc) is 3.08. The van der Waals surface area contributed by atoms with Crippen molar-refractivity contribution in [2.75, 3.05) is 38.2 Å². The molecule has 3 heterocycles. The predicted octanol–water partition coefficient (Wildman–Crippen LogP) is 2.31. The van der Waals surface area contributed by atoms with E-state index in [2.05, 4.69) is 19.8 Å². The normalized spacial score (nSPS) is 17.7. The number of hydrogen-bond donors (Lipinski definition) is 1. The summed E-state index contributed by atoms with van der Waals surface area (Å²) in [7, 11) is 0. The molecule has 0 aliphatic carbocycles. The zero-order valence-electron chi connectivity index (χ0n) is 15.7. The topological polar surface area (TPSA) is 68.6 Å². The van der Waals surface area contributed by atoms with Crippen molar-refractivity contribution in [3.8, 4) is 11.5 Å². The van der Waals surface area contributed by atoms with Crippen LogP contribution in [-0.4, -0.2) is 53.2 Å². The highest BCUT2D eigenvalue weighted by Gasteiger charge is 2.22. The van der Waals surface area contributed by atoms with Crippen LogP contribution in [0.4, 0.5) is 5.69 Å². The van der Waals surface area contributed by atoms with E-state index in [4.69, 9.17) is 9.47 Å². The summed E-state index contributed by atoms with van der Waals surface area (Å²) in [6.07, 6.45) is 6.11. The lowest BCUT2D eigenvalue weighted by Crippen LogP contribution is -2.40. The number of likely N-dealkylation sites (tertiary alicyclic amines) is 1. The Labute approximate surface area is 159 Å². The van der Waals surface area contributed by atoms with Crippen LogP contribution in [0.3, 0.4) is 0 Å². The number of rotatable bonds is 5. The maximum atomic E-state index is 12.4. The second kappa shape index (κ2) is 8.00. The molecule has 1 N–H and O–H groups in total. The maximum Gasteiger partial charge on any atom is 0.238 e. The van der Waals surface area contributed by atoms with E-state index < -0.39 is 0 Å². The van der Waals surface area contributed by atoms with Gasteiger partial charge in [-0.1, -0.05) is 0 Å². The number of imidazole rings is 1. The molecule has 7 heteroatoms. The summed E-state index contributed by atoms with van der Waals surface area (Å²) in [5, 5.41) is 2.97. The second-order valence-electron chi connectivity index (χ2n) is 7.25. The third-order valence-electron chi connectivity index (χ3n) is 5.28. The standard InChI is InChI=1S/C20H26N4O3/c1-15-21-6-9-24(15)13-16-4-7-23(8-5-16)14-20(25)22-17-2-3-18-19(12-17)27-11-10-26-18/h2-3,6,9,12,16H,4-5,7-8,10-11,13-14H2,1H3,(H,22,25). The second-order valence-corrected chi connectivity index (χ2v) is 7.25. The molecular weight excluding hydrogens is 344 g/mol. The number of carbonyl (C=O) groups excluding carboxylic acids is 1. The van der Waals surface area contributed by atoms with Gasteiger partial charge in [-0.25, -0.2) is 4.98 Å². The first kappa shape index (κ1) is 17.9. The molecule has 0 unspecified atom stereocenters. The summed E-state index contributed by atoms with van der Waals surface area (Å²) in [6.45, 7) is 6.48. The minimum absolute atomic E-state index is 0.00980. The molecule has 0 spiro atoms. The van der Waals surface area contributed by atoms with E-state index in [1.54, 1.807) is 0 Å². The molecule has 0 saturated carbocycles. The zero-order valence-corrected chi connectivity index (χ0v) is 15.7. The Hall–Kier alpha value is -2.54. The lowest BCUT2D eigenvalue weighted by molar-refractivity contribution is -0.117. The fourth-order valence-corrected chi connectivity index (χ4v) is 3.73. The molecule has 0 radical (unpaired) electrons. The van der Waals surface area contributed by atoms with Crippen molar-refractivity contribution in [1.29, 1.82) is 0 Å². The van der Waals surface area contributed by atoms with Gasteiger partial charge in [0, 0.05) is 30.7 Å². The van der Waals surface area contributed by atoms with Crippen molar-refractivity contribution in [3.05, 3.63) is 36.4 Å². The number of nitrogens with zero attached hydrogens (tertiary/aromatic N) is 3. The van der Waals surface area contributed by atoms with Gasteiger partial charge < -0.3 is 19.4 Å². The number of ether oxygens (including phenoxy) is 2. The molecule has 1 aromatic carbocycles. The number of carbonyl (C=O) groups is 1. The number of piperidine rings is 1. The van der Waals surface area contributed by atoms with Crippen LogP contribution in [0.15, 0.2) is 30.6 Å². The summed E-state index contributed by atoms with van der Waals surface area (Å²) in [5.74, 6) is 3.14. The molecule has 4 rings (SSSR count). The maximum absolute atomic E-state index is 12.4. The molecule has 7 nitrogen and oxygen atoms in total. The van der Waals surface area contributed by atoms with E-state index in [1.807, 2.05) is 37.5 Å². The predicted molar refractivity (Wildman–Crippen MR) is 102 cm³/mol. The minimum Gasteiger partial charge on any atom is -0.486 e. The molecule has 2 aliphatic heterocycles. The van der Waals surface area contributed by atoms with Gasteiger partial charge in [0.2, 0.25) is 5.91 Å². The number of nitrogens with one attached hydrogen (secondary N) is 1. The van der Waals surface area contributed by atoms with E-state index in [-0.39, 0.29) is 5.91 Å². The van der Waals surface area contributed by atoms with Crippen LogP contribution >= 0.6 is 0 Å². The quantitative estimate of drug-likeness (QED) is 0.875. The van der Waals surface area contributed by atoms with Crippen molar-refractivity contribution in [2.24, 2.45) is 5.92 Å². The summed E-state index contributed by atoms with van der Waals surface area (Å²) < 4.78 is 13.3. The van der Waals surface area contributed by atoms with E-state index in [0.29, 0.717) is 31.4 Å². The first-order valence-electron chi connectivity index (χ1n) is 9.57. The highest BCUT2D eigenvalue weighted by Crippen LogP contribution is 2.32. The Morgan fingerprint density at radius 3 is 2.74 bits per heavy atom. The third-order valence-corrected chi connectivity index (χ3v) is 5.28. The van der Waals surface area contributed by atoms with Crippen molar-refractivity contribution in [3.63, 3.8) is 0 Å². The summed E-state index contributed by atoms with van der Waals surface area (Å²) >= 11 is 0. The number of benzene rings is 1. The van der Waals surface area contributed by atoms with Crippen LogP contribution in [0, 0.1) is 12.8 Å². The highest BCUT2D eigenvalue weighted by atomic mass is 16.6. The van der Waals surface area contributed by atoms with Gasteiger partial charge in [0.15, 0.2) is 11.5 Å². The van der Waals surface area contributed by atoms with Crippen molar-refractivity contribution >= 4 is 11.6 Å². The molecule has 1 aromatic heterocycles. The molecule has 0 bridgehead atoms. The molecule has 0 atom stereocenters. The van der Waals surface area contributed by atoms with Crippen molar-refractivity contribution < 1.29 is 14.3 Å². The van der Waals surface area contributed by atoms with Gasteiger partial charge in [-0.2, -0.15) is 0 Å². The summed E-state index contributed by atoms with van der Waals surface area (Å²) in [6, 6.07) is 5.52. The smallest absolute Gasteiger partial charge is 0.238 e. The molecular formula is C20H26N4O3. The third kappa shape index (κ3) is 4.42. The number of aromatic nitrogens is 2. The van der Waals surface area contributed by atoms with Gasteiger partial charge in [-0.3, -0.25) is 9.69 Å². The Morgan fingerprint density at radius 2 is 2.00 bits per heavy atom. The fraction of sp³-hybridized carbons (Fsp3) is 0.500. The first-order valence-corrected chi connectivity index (χ1v) is 9.57. The number of anilines is 1. The molecule has 27 heavy (non-hydrogen) atoms. The van der Waals surface area contributed by atoms with Crippen LogP contribution < -0.4 is 14.8 Å². The van der Waals surface area contributed by atoms with Crippen LogP contribution in [0.1, 0.15) is 18.7 Å².